The maximum atomic E-state index is 11.0. The molecule has 0 bridgehead atoms. The molecule has 0 radical (unpaired) electrons. The van der Waals surface area contributed by atoms with E-state index in [4.69, 9.17) is 9.84 Å². The molecule has 0 aromatic carbocycles. The summed E-state index contributed by atoms with van der Waals surface area (Å²) in [6, 6.07) is 0.825. The lowest BCUT2D eigenvalue weighted by Crippen LogP contribution is -2.29. The molecule has 1 rings (SSSR count). The fourth-order valence-electron chi connectivity index (χ4n) is 1.26. The Morgan fingerprint density at radius 2 is 2.39 bits per heavy atom. The fourth-order valence-corrected chi connectivity index (χ4v) is 1.26. The van der Waals surface area contributed by atoms with Gasteiger partial charge in [-0.1, -0.05) is 6.08 Å². The summed E-state index contributed by atoms with van der Waals surface area (Å²) in [5.41, 5.74) is 0. The van der Waals surface area contributed by atoms with Gasteiger partial charge in [-0.2, -0.15) is 4.98 Å². The number of aromatic nitrogens is 2. The summed E-state index contributed by atoms with van der Waals surface area (Å²) >= 11 is 0. The van der Waals surface area contributed by atoms with Crippen LogP contribution in [-0.2, 0) is 4.79 Å². The van der Waals surface area contributed by atoms with Crippen molar-refractivity contribution in [3.63, 3.8) is 0 Å². The van der Waals surface area contributed by atoms with Crippen molar-refractivity contribution in [2.24, 2.45) is 0 Å². The normalized spacial score (nSPS) is 11.9. The molecule has 0 saturated carbocycles. The molecule has 18 heavy (non-hydrogen) atoms. The molecular formula is C12H17N3O3. The summed E-state index contributed by atoms with van der Waals surface area (Å²) in [6.45, 7) is 7.28. The monoisotopic (exact) mass is 251 g/mol. The standard InChI is InChI=1S/C12H17N3O3/c1-4-5-9(11(16)17)14-12-13-7-6-10(15-12)18-8(2)3/h4,6-9H,1,5H2,2-3H3,(H,16,17)(H,13,14,15). The molecule has 98 valence electrons. The SMILES string of the molecule is C=CCC(Nc1nccc(OC(C)C)n1)C(=O)O. The number of aliphatic carboxylic acids is 1. The molecule has 2 N–H and O–H groups in total. The van der Waals surface area contributed by atoms with E-state index in [1.807, 2.05) is 13.8 Å². The molecule has 0 aliphatic heterocycles. The number of anilines is 1. The maximum Gasteiger partial charge on any atom is 0.326 e. The Bertz CT molecular complexity index is 421. The second-order valence-corrected chi connectivity index (χ2v) is 3.94. The minimum atomic E-state index is -0.978. The summed E-state index contributed by atoms with van der Waals surface area (Å²) in [4.78, 5) is 19.0. The van der Waals surface area contributed by atoms with Crippen LogP contribution in [0.5, 0.6) is 5.88 Å². The molecule has 1 aromatic heterocycles. The van der Waals surface area contributed by atoms with Crippen LogP contribution in [0.25, 0.3) is 0 Å². The van der Waals surface area contributed by atoms with Gasteiger partial charge in [0.25, 0.3) is 0 Å². The van der Waals surface area contributed by atoms with Crippen LogP contribution >= 0.6 is 0 Å². The molecule has 6 heteroatoms. The van der Waals surface area contributed by atoms with Gasteiger partial charge in [-0.25, -0.2) is 9.78 Å². The number of carboxylic acid groups (broad SMARTS) is 1. The predicted octanol–water partition coefficient (Wildman–Crippen LogP) is 1.70. The first-order valence-electron chi connectivity index (χ1n) is 5.63. The summed E-state index contributed by atoms with van der Waals surface area (Å²) in [5, 5.41) is 11.7. The topological polar surface area (TPSA) is 84.3 Å². The Kier molecular flexibility index (Phi) is 5.10. The van der Waals surface area contributed by atoms with E-state index in [0.29, 0.717) is 5.88 Å². The number of ether oxygens (including phenoxy) is 1. The second-order valence-electron chi connectivity index (χ2n) is 3.94. The molecule has 1 unspecified atom stereocenters. The molecule has 0 aliphatic rings. The van der Waals surface area contributed by atoms with E-state index in [-0.39, 0.29) is 18.5 Å². The van der Waals surface area contributed by atoms with Gasteiger partial charge >= 0.3 is 5.97 Å². The number of hydrogen-bond acceptors (Lipinski definition) is 5. The Morgan fingerprint density at radius 1 is 1.67 bits per heavy atom. The van der Waals surface area contributed by atoms with Crippen molar-refractivity contribution in [2.75, 3.05) is 5.32 Å². The molecule has 6 nitrogen and oxygen atoms in total. The van der Waals surface area contributed by atoms with Crippen LogP contribution in [0, 0.1) is 0 Å². The second kappa shape index (κ2) is 6.58. The largest absolute Gasteiger partial charge is 0.480 e. The van der Waals surface area contributed by atoms with Gasteiger partial charge in [0, 0.05) is 12.3 Å². The average Bonchev–Trinajstić information content (AvgIpc) is 2.28. The van der Waals surface area contributed by atoms with Crippen molar-refractivity contribution >= 4 is 11.9 Å². The summed E-state index contributed by atoms with van der Waals surface area (Å²) < 4.78 is 5.40. The molecule has 0 saturated heterocycles. The third kappa shape index (κ3) is 4.40. The predicted molar refractivity (Wildman–Crippen MR) is 67.7 cm³/mol. The van der Waals surface area contributed by atoms with Crippen LogP contribution in [0.3, 0.4) is 0 Å². The number of nitrogens with zero attached hydrogens (tertiary/aromatic N) is 2. The highest BCUT2D eigenvalue weighted by Crippen LogP contribution is 2.11. The highest BCUT2D eigenvalue weighted by atomic mass is 16.5. The van der Waals surface area contributed by atoms with Crippen LogP contribution in [0.2, 0.25) is 0 Å². The van der Waals surface area contributed by atoms with Crippen LogP contribution in [-0.4, -0.2) is 33.2 Å². The molecule has 0 spiro atoms. The number of rotatable bonds is 7. The highest BCUT2D eigenvalue weighted by Gasteiger charge is 2.16. The minimum absolute atomic E-state index is 0.00352. The lowest BCUT2D eigenvalue weighted by Gasteiger charge is -2.13. The smallest absolute Gasteiger partial charge is 0.326 e. The van der Waals surface area contributed by atoms with E-state index in [0.717, 1.165) is 0 Å². The van der Waals surface area contributed by atoms with Crippen molar-refractivity contribution in [1.29, 1.82) is 0 Å². The Balaban J connectivity index is 2.76. The van der Waals surface area contributed by atoms with Crippen molar-refractivity contribution in [1.82, 2.24) is 9.97 Å². The van der Waals surface area contributed by atoms with Gasteiger partial charge in [0.2, 0.25) is 11.8 Å². The van der Waals surface area contributed by atoms with E-state index < -0.39 is 12.0 Å². The van der Waals surface area contributed by atoms with Crippen molar-refractivity contribution in [3.8, 4) is 5.88 Å². The molecule has 0 fully saturated rings. The van der Waals surface area contributed by atoms with E-state index in [1.165, 1.54) is 12.3 Å². The number of nitrogens with one attached hydrogen (secondary N) is 1. The Morgan fingerprint density at radius 3 is 2.94 bits per heavy atom. The summed E-state index contributed by atoms with van der Waals surface area (Å²) in [7, 11) is 0. The van der Waals surface area contributed by atoms with Crippen LogP contribution in [0.4, 0.5) is 5.95 Å². The average molecular weight is 251 g/mol. The Hall–Kier alpha value is -2.11. The number of carbonyl (C=O) groups is 1. The highest BCUT2D eigenvalue weighted by molar-refractivity contribution is 5.76. The van der Waals surface area contributed by atoms with Crippen LogP contribution < -0.4 is 10.1 Å². The zero-order valence-electron chi connectivity index (χ0n) is 10.5. The molecule has 1 heterocycles. The third-order valence-corrected chi connectivity index (χ3v) is 1.99. The zero-order chi connectivity index (χ0) is 13.5. The lowest BCUT2D eigenvalue weighted by atomic mass is 10.2. The van der Waals surface area contributed by atoms with Gasteiger partial charge in [0.1, 0.15) is 6.04 Å². The van der Waals surface area contributed by atoms with Gasteiger partial charge in [0.15, 0.2) is 0 Å². The van der Waals surface area contributed by atoms with Gasteiger partial charge in [-0.05, 0) is 20.3 Å². The van der Waals surface area contributed by atoms with Crippen LogP contribution in [0.15, 0.2) is 24.9 Å². The number of carboxylic acids is 1. The quantitative estimate of drug-likeness (QED) is 0.717. The van der Waals surface area contributed by atoms with Crippen molar-refractivity contribution in [2.45, 2.75) is 32.4 Å². The van der Waals surface area contributed by atoms with Gasteiger partial charge in [-0.3, -0.25) is 0 Å². The van der Waals surface area contributed by atoms with E-state index in [1.54, 1.807) is 6.07 Å². The first-order chi connectivity index (χ1) is 8.52. The van der Waals surface area contributed by atoms with Crippen LogP contribution in [0.1, 0.15) is 20.3 Å². The summed E-state index contributed by atoms with van der Waals surface area (Å²) in [6.07, 6.45) is 3.32. The Labute approximate surface area is 106 Å². The molecular weight excluding hydrogens is 234 g/mol. The van der Waals surface area contributed by atoms with Gasteiger partial charge in [-0.15, -0.1) is 6.58 Å². The first-order valence-corrected chi connectivity index (χ1v) is 5.63. The molecule has 0 aliphatic carbocycles. The van der Waals surface area contributed by atoms with Gasteiger partial charge in [0.05, 0.1) is 6.10 Å². The van der Waals surface area contributed by atoms with Gasteiger partial charge < -0.3 is 15.2 Å². The lowest BCUT2D eigenvalue weighted by molar-refractivity contribution is -0.137. The third-order valence-electron chi connectivity index (χ3n) is 1.99. The minimum Gasteiger partial charge on any atom is -0.480 e. The maximum absolute atomic E-state index is 11.0. The van der Waals surface area contributed by atoms with E-state index >= 15 is 0 Å². The molecule has 0 amide bonds. The number of hydrogen-bond donors (Lipinski definition) is 2. The summed E-state index contributed by atoms with van der Waals surface area (Å²) in [5.74, 6) is -0.346. The van der Waals surface area contributed by atoms with Crippen molar-refractivity contribution in [3.05, 3.63) is 24.9 Å². The zero-order valence-corrected chi connectivity index (χ0v) is 10.5. The van der Waals surface area contributed by atoms with E-state index in [2.05, 4.69) is 21.9 Å². The van der Waals surface area contributed by atoms with E-state index in [9.17, 15) is 4.79 Å². The fraction of sp³-hybridized carbons (Fsp3) is 0.417. The van der Waals surface area contributed by atoms with Crippen molar-refractivity contribution < 1.29 is 14.6 Å². The molecule has 1 atom stereocenters. The molecule has 1 aromatic rings. The first kappa shape index (κ1) is 14.0.